The summed E-state index contributed by atoms with van der Waals surface area (Å²) >= 11 is 1.58. The molecule has 6 N–H and O–H groups in total. The number of thiazole rings is 1. The SMILES string of the molecule is Cc1ncsc1-c1ccc(C(C)NC(=O)[C@@H]2C[C@@H](O)CN2C(=O)[C@@H](NC(=O)CCCCCCCCC(=O)N2CCN(c3cccc(N4CCCC(Oc5cc(-c6ccccc6O)nnc5N)C4)c3)CC2)C(C)(C)C)cc1. The van der Waals surface area contributed by atoms with Crippen molar-refractivity contribution in [1.29, 1.82) is 0 Å². The van der Waals surface area contributed by atoms with E-state index in [1.54, 1.807) is 35.6 Å². The zero-order chi connectivity index (χ0) is 53.9. The Bertz CT molecular complexity index is 2780. The molecule has 0 saturated carbocycles. The minimum atomic E-state index is -0.875. The molecule has 76 heavy (non-hydrogen) atoms. The standard InChI is InChI=1S/C58H76N10O7S/c1-38(40-23-25-41(26-24-40)53-39(2)60-37-76-53)61-56(73)48-33-44(69)35-68(48)57(74)54(58(3,4)5)62-51(71)21-10-8-6-7-9-11-22-52(72)66-30-28-65(29-31-66)42-16-14-17-43(32-42)67-27-15-18-45(36-67)75-50-34-47(63-64-55(50)59)46-19-12-13-20-49(46)70/h12-14,16-17,19-20,23-26,32,34,37-38,44-45,48,54,69-70H,6-11,15,18,21-22,27-31,33,35-36H2,1-5H3,(H2,59,64)(H,61,73)(H,62,71)/t38?,44-,45?,48+,54-/m1/s1. The quantitative estimate of drug-likeness (QED) is 0.0467. The average molecular weight is 1060 g/mol. The van der Waals surface area contributed by atoms with E-state index in [1.165, 1.54) is 4.90 Å². The van der Waals surface area contributed by atoms with Crippen LogP contribution in [0.1, 0.15) is 116 Å². The van der Waals surface area contributed by atoms with Crippen molar-refractivity contribution < 1.29 is 34.1 Å². The second kappa shape index (κ2) is 25.4. The molecule has 3 fully saturated rings. The second-order valence-corrected chi connectivity index (χ2v) is 22.6. The zero-order valence-corrected chi connectivity index (χ0v) is 45.6. The number of nitrogens with two attached hydrogens (primary N) is 1. The minimum Gasteiger partial charge on any atom is -0.507 e. The lowest BCUT2D eigenvalue weighted by molar-refractivity contribution is -0.144. The highest BCUT2D eigenvalue weighted by atomic mass is 32.1. The smallest absolute Gasteiger partial charge is 0.246 e. The molecule has 0 aliphatic carbocycles. The van der Waals surface area contributed by atoms with Crippen LogP contribution in [0, 0.1) is 12.3 Å². The predicted molar refractivity (Wildman–Crippen MR) is 298 cm³/mol. The van der Waals surface area contributed by atoms with Crippen molar-refractivity contribution in [1.82, 2.24) is 35.6 Å². The molecule has 5 atom stereocenters. The van der Waals surface area contributed by atoms with Crippen LogP contribution < -0.4 is 30.9 Å². The third-order valence-electron chi connectivity index (χ3n) is 14.9. The first-order chi connectivity index (χ1) is 36.5. The number of piperazine rings is 1. The van der Waals surface area contributed by atoms with Crippen LogP contribution in [0.2, 0.25) is 0 Å². The van der Waals surface area contributed by atoms with Gasteiger partial charge in [-0.15, -0.1) is 21.5 Å². The number of nitrogens with one attached hydrogen (secondary N) is 2. The van der Waals surface area contributed by atoms with Gasteiger partial charge in [-0.1, -0.05) is 88.9 Å². The van der Waals surface area contributed by atoms with Gasteiger partial charge < -0.3 is 50.9 Å². The maximum Gasteiger partial charge on any atom is 0.246 e. The van der Waals surface area contributed by atoms with E-state index in [4.69, 9.17) is 10.5 Å². The number of aromatic nitrogens is 3. The molecule has 2 unspecified atom stereocenters. The van der Waals surface area contributed by atoms with Gasteiger partial charge in [-0.2, -0.15) is 0 Å². The summed E-state index contributed by atoms with van der Waals surface area (Å²) in [6.45, 7) is 14.0. The number of amides is 4. The van der Waals surface area contributed by atoms with Crippen molar-refractivity contribution >= 4 is 52.2 Å². The summed E-state index contributed by atoms with van der Waals surface area (Å²) in [4.78, 5) is 68.0. The molecule has 3 aliphatic rings. The topological polar surface area (TPSA) is 220 Å². The van der Waals surface area contributed by atoms with Crippen LogP contribution in [0.4, 0.5) is 17.2 Å². The maximum absolute atomic E-state index is 14.1. The number of carbonyl (C=O) groups is 4. The van der Waals surface area contributed by atoms with Crippen molar-refractivity contribution in [3.8, 4) is 33.2 Å². The molecule has 8 rings (SSSR count). The van der Waals surface area contributed by atoms with Crippen molar-refractivity contribution in [2.24, 2.45) is 5.41 Å². The number of nitrogens with zero attached hydrogens (tertiary/aromatic N) is 7. The number of hydrogen-bond acceptors (Lipinski definition) is 14. The summed E-state index contributed by atoms with van der Waals surface area (Å²) in [5, 5.41) is 35.4. The molecule has 5 heterocycles. The number of carbonyl (C=O) groups excluding carboxylic acids is 4. The van der Waals surface area contributed by atoms with Crippen LogP contribution in [0.3, 0.4) is 0 Å². The third-order valence-corrected chi connectivity index (χ3v) is 15.9. The number of hydrogen-bond donors (Lipinski definition) is 5. The number of para-hydroxylation sites is 1. The van der Waals surface area contributed by atoms with Crippen LogP contribution in [0.25, 0.3) is 21.7 Å². The van der Waals surface area contributed by atoms with Crippen LogP contribution in [-0.4, -0.2) is 129 Å². The fraction of sp³-hybridized carbons (Fsp3) is 0.500. The van der Waals surface area contributed by atoms with Gasteiger partial charge in [0, 0.05) is 81.5 Å². The minimum absolute atomic E-state index is 0.0175. The van der Waals surface area contributed by atoms with E-state index < -0.39 is 23.6 Å². The van der Waals surface area contributed by atoms with Gasteiger partial charge in [-0.25, -0.2) is 4.98 Å². The highest BCUT2D eigenvalue weighted by Gasteiger charge is 2.45. The number of ether oxygens (including phenoxy) is 1. The average Bonchev–Trinajstić information content (AvgIpc) is 4.04. The fourth-order valence-corrected chi connectivity index (χ4v) is 11.3. The molecule has 3 saturated heterocycles. The van der Waals surface area contributed by atoms with Crippen molar-refractivity contribution in [3.05, 3.63) is 95.6 Å². The van der Waals surface area contributed by atoms with Gasteiger partial charge in [0.15, 0.2) is 11.6 Å². The number of benzene rings is 3. The molecule has 2 aromatic heterocycles. The molecule has 3 aromatic carbocycles. The van der Waals surface area contributed by atoms with Crippen molar-refractivity contribution in [2.75, 3.05) is 61.3 Å². The Morgan fingerprint density at radius 3 is 2.22 bits per heavy atom. The van der Waals surface area contributed by atoms with Gasteiger partial charge in [0.1, 0.15) is 29.6 Å². The third kappa shape index (κ3) is 14.2. The Morgan fingerprint density at radius 2 is 1.53 bits per heavy atom. The highest BCUT2D eigenvalue weighted by Crippen LogP contribution is 2.34. The Labute approximate surface area is 451 Å². The van der Waals surface area contributed by atoms with Crippen molar-refractivity contribution in [2.45, 2.75) is 136 Å². The molecule has 4 amide bonds. The zero-order valence-electron chi connectivity index (χ0n) is 44.7. The van der Waals surface area contributed by atoms with E-state index in [9.17, 15) is 29.4 Å². The lowest BCUT2D eigenvalue weighted by Gasteiger charge is -2.38. The van der Waals surface area contributed by atoms with Crippen LogP contribution >= 0.6 is 11.3 Å². The Balaban J connectivity index is 0.712. The molecule has 0 spiro atoms. The summed E-state index contributed by atoms with van der Waals surface area (Å²) in [7, 11) is 0. The van der Waals surface area contributed by atoms with Gasteiger partial charge in [-0.05, 0) is 86.4 Å². The number of aliphatic hydroxyl groups is 1. The normalized spacial score (nSPS) is 18.8. The van der Waals surface area contributed by atoms with E-state index >= 15 is 0 Å². The highest BCUT2D eigenvalue weighted by molar-refractivity contribution is 7.13. The molecule has 17 nitrogen and oxygen atoms in total. The lowest BCUT2D eigenvalue weighted by Crippen LogP contribution is -2.57. The van der Waals surface area contributed by atoms with Crippen LogP contribution in [-0.2, 0) is 19.2 Å². The number of piperidine rings is 1. The van der Waals surface area contributed by atoms with Gasteiger partial charge in [0.05, 0.1) is 34.8 Å². The van der Waals surface area contributed by atoms with E-state index in [-0.39, 0.29) is 66.7 Å². The number of nitrogen functional groups attached to an aromatic ring is 1. The molecular weight excluding hydrogens is 981 g/mol. The fourth-order valence-electron chi connectivity index (χ4n) is 10.5. The molecule has 0 radical (unpaired) electrons. The lowest BCUT2D eigenvalue weighted by atomic mass is 9.85. The van der Waals surface area contributed by atoms with E-state index in [0.717, 1.165) is 97.7 Å². The molecular formula is C58H76N10O7S. The largest absolute Gasteiger partial charge is 0.507 e. The summed E-state index contributed by atoms with van der Waals surface area (Å²) in [5.41, 5.74) is 13.6. The Hall–Kier alpha value is -6.79. The second-order valence-electron chi connectivity index (χ2n) is 21.7. The van der Waals surface area contributed by atoms with Crippen molar-refractivity contribution in [3.63, 3.8) is 0 Å². The van der Waals surface area contributed by atoms with Crippen LogP contribution in [0.5, 0.6) is 11.5 Å². The molecule has 3 aliphatic heterocycles. The molecule has 406 valence electrons. The van der Waals surface area contributed by atoms with Gasteiger partial charge >= 0.3 is 0 Å². The molecule has 5 aromatic rings. The van der Waals surface area contributed by atoms with Gasteiger partial charge in [0.2, 0.25) is 23.6 Å². The summed E-state index contributed by atoms with van der Waals surface area (Å²) in [5.74, 6) is 0.0342. The van der Waals surface area contributed by atoms with E-state index in [0.29, 0.717) is 49.5 Å². The number of anilines is 3. The van der Waals surface area contributed by atoms with Gasteiger partial charge in [0.25, 0.3) is 0 Å². The van der Waals surface area contributed by atoms with Crippen LogP contribution in [0.15, 0.2) is 84.4 Å². The Morgan fingerprint density at radius 1 is 0.829 bits per heavy atom. The number of rotatable bonds is 20. The Kier molecular flexibility index (Phi) is 18.5. The first-order valence-corrected chi connectivity index (χ1v) is 27.9. The number of phenolic OH excluding ortho intramolecular Hbond substituents is 1. The van der Waals surface area contributed by atoms with E-state index in [2.05, 4.69) is 59.9 Å². The number of likely N-dealkylation sites (tertiary alicyclic amines) is 1. The number of aliphatic hydroxyl groups excluding tert-OH is 1. The summed E-state index contributed by atoms with van der Waals surface area (Å²) in [6, 6.07) is 23.2. The summed E-state index contributed by atoms with van der Waals surface area (Å²) < 4.78 is 6.42. The number of unbranched alkanes of at least 4 members (excludes halogenated alkanes) is 5. The van der Waals surface area contributed by atoms with E-state index in [1.807, 2.05) is 75.4 Å². The number of β-amino-alcohol motifs (C(OH)–C–C–N with tert-alkyl or cyclic N) is 1. The maximum atomic E-state index is 14.1. The number of aryl methyl sites for hydroxylation is 1. The van der Waals surface area contributed by atoms with Gasteiger partial charge in [-0.3, -0.25) is 19.2 Å². The number of phenols is 1. The summed E-state index contributed by atoms with van der Waals surface area (Å²) in [6.07, 6.45) is 7.00. The molecule has 0 bridgehead atoms. The number of aromatic hydroxyl groups is 1. The first kappa shape index (κ1) is 55.4. The predicted octanol–water partition coefficient (Wildman–Crippen LogP) is 8.05. The monoisotopic (exact) mass is 1060 g/mol. The first-order valence-electron chi connectivity index (χ1n) is 27.1. The molecule has 18 heteroatoms.